The van der Waals surface area contributed by atoms with Crippen molar-refractivity contribution in [3.63, 3.8) is 0 Å². The van der Waals surface area contributed by atoms with Crippen LogP contribution >= 0.6 is 15.9 Å². The molecule has 96 valence electrons. The lowest BCUT2D eigenvalue weighted by atomic mass is 10.0. The van der Waals surface area contributed by atoms with Crippen LogP contribution in [0.2, 0.25) is 0 Å². The SMILES string of the molecule is CCCCCCCC[C@@H](O)c1ccc(Br)cc1. The highest BCUT2D eigenvalue weighted by Crippen LogP contribution is 2.21. The van der Waals surface area contributed by atoms with E-state index >= 15 is 0 Å². The number of benzene rings is 1. The van der Waals surface area contributed by atoms with Crippen LogP contribution in [0.1, 0.15) is 63.5 Å². The van der Waals surface area contributed by atoms with Gasteiger partial charge >= 0.3 is 0 Å². The van der Waals surface area contributed by atoms with Crippen molar-refractivity contribution in [3.05, 3.63) is 34.3 Å². The minimum atomic E-state index is -0.297. The number of unbranched alkanes of at least 4 members (excludes halogenated alkanes) is 5. The Morgan fingerprint density at radius 3 is 2.24 bits per heavy atom. The molecule has 0 aliphatic carbocycles. The van der Waals surface area contributed by atoms with Crippen molar-refractivity contribution >= 4 is 15.9 Å². The number of hydrogen-bond acceptors (Lipinski definition) is 1. The molecule has 0 spiro atoms. The van der Waals surface area contributed by atoms with E-state index in [0.29, 0.717) is 0 Å². The Morgan fingerprint density at radius 2 is 1.59 bits per heavy atom. The normalized spacial score (nSPS) is 12.6. The van der Waals surface area contributed by atoms with Crippen LogP contribution in [0.25, 0.3) is 0 Å². The first kappa shape index (κ1) is 14.7. The fourth-order valence-corrected chi connectivity index (χ4v) is 2.23. The van der Waals surface area contributed by atoms with Crippen molar-refractivity contribution in [3.8, 4) is 0 Å². The van der Waals surface area contributed by atoms with E-state index in [0.717, 1.165) is 22.9 Å². The third-order valence-corrected chi connectivity index (χ3v) is 3.61. The van der Waals surface area contributed by atoms with Crippen LogP contribution in [0.4, 0.5) is 0 Å². The Morgan fingerprint density at radius 1 is 1.00 bits per heavy atom. The van der Waals surface area contributed by atoms with Gasteiger partial charge in [-0.05, 0) is 24.1 Å². The van der Waals surface area contributed by atoms with E-state index in [1.807, 2.05) is 24.3 Å². The second-order valence-electron chi connectivity index (χ2n) is 4.62. The molecule has 0 fully saturated rings. The highest BCUT2D eigenvalue weighted by molar-refractivity contribution is 9.10. The summed E-state index contributed by atoms with van der Waals surface area (Å²) in [5, 5.41) is 10.00. The molecule has 1 aromatic rings. The summed E-state index contributed by atoms with van der Waals surface area (Å²) in [6.45, 7) is 2.23. The first-order valence-electron chi connectivity index (χ1n) is 6.67. The zero-order chi connectivity index (χ0) is 12.5. The summed E-state index contributed by atoms with van der Waals surface area (Å²) < 4.78 is 1.06. The molecule has 0 bridgehead atoms. The summed E-state index contributed by atoms with van der Waals surface area (Å²) in [6.07, 6.45) is 8.24. The molecule has 0 heterocycles. The van der Waals surface area contributed by atoms with Gasteiger partial charge in [0.15, 0.2) is 0 Å². The second-order valence-corrected chi connectivity index (χ2v) is 5.54. The molecule has 0 aliphatic heterocycles. The summed E-state index contributed by atoms with van der Waals surface area (Å²) in [5.41, 5.74) is 1.03. The standard InChI is InChI=1S/C15H23BrO/c1-2-3-4-5-6-7-8-15(17)13-9-11-14(16)12-10-13/h9-12,15,17H,2-8H2,1H3/t15-/m1/s1. The molecule has 0 radical (unpaired) electrons. The molecule has 1 N–H and O–H groups in total. The molecule has 0 saturated carbocycles. The third-order valence-electron chi connectivity index (χ3n) is 3.09. The van der Waals surface area contributed by atoms with Crippen molar-refractivity contribution in [1.82, 2.24) is 0 Å². The first-order valence-corrected chi connectivity index (χ1v) is 7.47. The van der Waals surface area contributed by atoms with Crippen LogP contribution in [0.3, 0.4) is 0 Å². The van der Waals surface area contributed by atoms with Crippen molar-refractivity contribution in [2.24, 2.45) is 0 Å². The zero-order valence-corrected chi connectivity index (χ0v) is 12.2. The number of rotatable bonds is 8. The lowest BCUT2D eigenvalue weighted by Gasteiger charge is -2.10. The molecule has 17 heavy (non-hydrogen) atoms. The lowest BCUT2D eigenvalue weighted by Crippen LogP contribution is -1.97. The van der Waals surface area contributed by atoms with E-state index in [4.69, 9.17) is 0 Å². The van der Waals surface area contributed by atoms with Crippen LogP contribution in [-0.2, 0) is 0 Å². The second kappa shape index (κ2) is 8.71. The maximum absolute atomic E-state index is 10.00. The van der Waals surface area contributed by atoms with Gasteiger partial charge in [0.25, 0.3) is 0 Å². The van der Waals surface area contributed by atoms with Crippen LogP contribution < -0.4 is 0 Å². The van der Waals surface area contributed by atoms with E-state index in [9.17, 15) is 5.11 Å². The quantitative estimate of drug-likeness (QED) is 0.651. The van der Waals surface area contributed by atoms with Gasteiger partial charge < -0.3 is 5.11 Å². The molecule has 1 nitrogen and oxygen atoms in total. The maximum atomic E-state index is 10.00. The lowest BCUT2D eigenvalue weighted by molar-refractivity contribution is 0.163. The van der Waals surface area contributed by atoms with Gasteiger partial charge in [0, 0.05) is 4.47 Å². The molecule has 1 rings (SSSR count). The summed E-state index contributed by atoms with van der Waals surface area (Å²) in [5.74, 6) is 0. The number of aliphatic hydroxyl groups excluding tert-OH is 1. The highest BCUT2D eigenvalue weighted by atomic mass is 79.9. The monoisotopic (exact) mass is 298 g/mol. The summed E-state index contributed by atoms with van der Waals surface area (Å²) in [6, 6.07) is 7.96. The van der Waals surface area contributed by atoms with Gasteiger partial charge in [-0.25, -0.2) is 0 Å². The van der Waals surface area contributed by atoms with Crippen LogP contribution in [0.5, 0.6) is 0 Å². The van der Waals surface area contributed by atoms with E-state index in [2.05, 4.69) is 22.9 Å². The Balaban J connectivity index is 2.16. The summed E-state index contributed by atoms with van der Waals surface area (Å²) in [4.78, 5) is 0. The molecule has 1 aromatic carbocycles. The Hall–Kier alpha value is -0.340. The van der Waals surface area contributed by atoms with Gasteiger partial charge in [-0.2, -0.15) is 0 Å². The van der Waals surface area contributed by atoms with E-state index in [1.165, 1.54) is 32.1 Å². The fourth-order valence-electron chi connectivity index (χ4n) is 1.97. The van der Waals surface area contributed by atoms with Gasteiger partial charge in [0.1, 0.15) is 0 Å². The van der Waals surface area contributed by atoms with Crippen molar-refractivity contribution < 1.29 is 5.11 Å². The van der Waals surface area contributed by atoms with Crippen molar-refractivity contribution in [2.45, 2.75) is 58.0 Å². The molecule has 0 amide bonds. The van der Waals surface area contributed by atoms with Crippen LogP contribution in [-0.4, -0.2) is 5.11 Å². The molecule has 0 unspecified atom stereocenters. The smallest absolute Gasteiger partial charge is 0.0790 e. The molecular formula is C15H23BrO. The van der Waals surface area contributed by atoms with Gasteiger partial charge in [0.2, 0.25) is 0 Å². The maximum Gasteiger partial charge on any atom is 0.0790 e. The molecule has 1 atom stereocenters. The number of halogens is 1. The van der Waals surface area contributed by atoms with Crippen molar-refractivity contribution in [1.29, 1.82) is 0 Å². The van der Waals surface area contributed by atoms with Crippen molar-refractivity contribution in [2.75, 3.05) is 0 Å². The van der Waals surface area contributed by atoms with Crippen LogP contribution in [0, 0.1) is 0 Å². The number of hydrogen-bond donors (Lipinski definition) is 1. The Labute approximate surface area is 113 Å². The minimum absolute atomic E-state index is 0.297. The predicted octanol–water partition coefficient (Wildman–Crippen LogP) is 5.23. The Bertz CT molecular complexity index is 294. The van der Waals surface area contributed by atoms with Gasteiger partial charge in [0.05, 0.1) is 6.10 Å². The predicted molar refractivity (Wildman–Crippen MR) is 77.1 cm³/mol. The zero-order valence-electron chi connectivity index (χ0n) is 10.7. The van der Waals surface area contributed by atoms with E-state index in [1.54, 1.807) is 0 Å². The average molecular weight is 299 g/mol. The van der Waals surface area contributed by atoms with E-state index < -0.39 is 0 Å². The highest BCUT2D eigenvalue weighted by Gasteiger charge is 2.06. The molecule has 0 saturated heterocycles. The minimum Gasteiger partial charge on any atom is -0.388 e. The Kier molecular flexibility index (Phi) is 7.54. The largest absolute Gasteiger partial charge is 0.388 e. The molecular weight excluding hydrogens is 276 g/mol. The van der Waals surface area contributed by atoms with E-state index in [-0.39, 0.29) is 6.10 Å². The first-order chi connectivity index (χ1) is 8.24. The molecule has 0 aliphatic rings. The van der Waals surface area contributed by atoms with Gasteiger partial charge in [-0.1, -0.05) is 73.5 Å². The molecule has 2 heteroatoms. The fraction of sp³-hybridized carbons (Fsp3) is 0.600. The average Bonchev–Trinajstić information content (AvgIpc) is 2.34. The topological polar surface area (TPSA) is 20.2 Å². The number of aliphatic hydroxyl groups is 1. The van der Waals surface area contributed by atoms with Gasteiger partial charge in [-0.3, -0.25) is 0 Å². The van der Waals surface area contributed by atoms with Crippen LogP contribution in [0.15, 0.2) is 28.7 Å². The molecule has 0 aromatic heterocycles. The third kappa shape index (κ3) is 6.23. The summed E-state index contributed by atoms with van der Waals surface area (Å²) >= 11 is 3.40. The van der Waals surface area contributed by atoms with Gasteiger partial charge in [-0.15, -0.1) is 0 Å². The summed E-state index contributed by atoms with van der Waals surface area (Å²) in [7, 11) is 0.